The van der Waals surface area contributed by atoms with Gasteiger partial charge in [-0.1, -0.05) is 36.4 Å². The summed E-state index contributed by atoms with van der Waals surface area (Å²) in [6.07, 6.45) is 0. The van der Waals surface area contributed by atoms with Crippen molar-refractivity contribution in [1.82, 2.24) is 0 Å². The fourth-order valence-electron chi connectivity index (χ4n) is 4.53. The molecular weight excluding hydrogens is 420 g/mol. The molecule has 0 aliphatic carbocycles. The predicted molar refractivity (Wildman–Crippen MR) is 128 cm³/mol. The third-order valence-corrected chi connectivity index (χ3v) is 7.67. The zero-order chi connectivity index (χ0) is 22.5. The van der Waals surface area contributed by atoms with Crippen LogP contribution < -0.4 is 14.5 Å². The molecule has 2 heterocycles. The van der Waals surface area contributed by atoms with E-state index in [1.165, 1.54) is 11.8 Å². The molecule has 2 aliphatic heterocycles. The minimum absolute atomic E-state index is 0.0513. The lowest BCUT2D eigenvalue weighted by Gasteiger charge is -2.33. The largest absolute Gasteiger partial charge is 0.497 e. The van der Waals surface area contributed by atoms with E-state index in [4.69, 9.17) is 4.74 Å². The van der Waals surface area contributed by atoms with E-state index in [0.29, 0.717) is 6.54 Å². The number of amides is 2. The lowest BCUT2D eigenvalue weighted by molar-refractivity contribution is -0.123. The number of fused-ring (bicyclic) bond motifs is 2. The minimum atomic E-state index is -1.09. The number of anilines is 2. The molecule has 5 nitrogen and oxygen atoms in total. The number of carbonyl (C=O) groups is 2. The molecule has 0 aromatic heterocycles. The molecule has 3 aromatic carbocycles. The summed E-state index contributed by atoms with van der Waals surface area (Å²) in [6, 6.07) is 21.5. The molecule has 1 saturated heterocycles. The zero-order valence-corrected chi connectivity index (χ0v) is 19.1. The monoisotopic (exact) mass is 444 g/mol. The summed E-state index contributed by atoms with van der Waals surface area (Å²) < 4.78 is 5.36. The molecular formula is C26H24N2O3S. The molecule has 0 radical (unpaired) electrons. The second-order valence-electron chi connectivity index (χ2n) is 8.19. The quantitative estimate of drug-likeness (QED) is 0.581. The molecule has 5 rings (SSSR count). The number of hydrogen-bond acceptors (Lipinski definition) is 4. The molecule has 2 amide bonds. The van der Waals surface area contributed by atoms with Crippen LogP contribution in [0.4, 0.5) is 11.4 Å². The standard InChI is InChI=1S/C26H24N2O3S/c1-17-11-12-20(13-18(17)2)28-24(29)16-32-26(28)22-9-4-5-10-23(22)27(25(26)30)15-19-7-6-8-21(14-19)31-3/h4-14H,15-16H2,1-3H3/t26-/m0/s1. The van der Waals surface area contributed by atoms with Crippen molar-refractivity contribution in [3.63, 3.8) is 0 Å². The van der Waals surface area contributed by atoms with Crippen molar-refractivity contribution < 1.29 is 14.3 Å². The smallest absolute Gasteiger partial charge is 0.269 e. The van der Waals surface area contributed by atoms with Crippen molar-refractivity contribution in [3.05, 3.63) is 89.0 Å². The Bertz CT molecular complexity index is 1240. The third-order valence-electron chi connectivity index (χ3n) is 6.29. The van der Waals surface area contributed by atoms with Gasteiger partial charge in [0.05, 0.1) is 25.1 Å². The van der Waals surface area contributed by atoms with Crippen LogP contribution in [0.1, 0.15) is 22.3 Å². The van der Waals surface area contributed by atoms with Crippen LogP contribution >= 0.6 is 11.8 Å². The highest BCUT2D eigenvalue weighted by Gasteiger charge is 2.60. The number of rotatable bonds is 4. The Kier molecular flexibility index (Phi) is 4.97. The van der Waals surface area contributed by atoms with Crippen molar-refractivity contribution in [2.45, 2.75) is 25.3 Å². The average Bonchev–Trinajstić information content (AvgIpc) is 3.27. The highest BCUT2D eigenvalue weighted by Crippen LogP contribution is 2.56. The summed E-state index contributed by atoms with van der Waals surface area (Å²) in [5.74, 6) is 0.875. The van der Waals surface area contributed by atoms with Gasteiger partial charge in [-0.2, -0.15) is 0 Å². The van der Waals surface area contributed by atoms with Gasteiger partial charge in [-0.25, -0.2) is 0 Å². The maximum absolute atomic E-state index is 14.1. The normalized spacial score (nSPS) is 19.7. The van der Waals surface area contributed by atoms with Crippen molar-refractivity contribution in [3.8, 4) is 5.75 Å². The molecule has 0 saturated carbocycles. The first-order chi connectivity index (χ1) is 15.5. The summed E-state index contributed by atoms with van der Waals surface area (Å²) >= 11 is 1.41. The fourth-order valence-corrected chi connectivity index (χ4v) is 5.89. The van der Waals surface area contributed by atoms with Gasteiger partial charge in [0.15, 0.2) is 0 Å². The first-order valence-electron chi connectivity index (χ1n) is 10.5. The van der Waals surface area contributed by atoms with E-state index in [9.17, 15) is 9.59 Å². The first kappa shape index (κ1) is 20.6. The van der Waals surface area contributed by atoms with Crippen molar-refractivity contribution >= 4 is 35.0 Å². The van der Waals surface area contributed by atoms with Gasteiger partial charge < -0.3 is 9.64 Å². The summed E-state index contributed by atoms with van der Waals surface area (Å²) in [5, 5.41) is 0. The summed E-state index contributed by atoms with van der Waals surface area (Å²) in [7, 11) is 1.63. The number of aryl methyl sites for hydroxylation is 2. The summed E-state index contributed by atoms with van der Waals surface area (Å²) in [4.78, 5) is 29.7. The number of hydrogen-bond donors (Lipinski definition) is 0. The van der Waals surface area contributed by atoms with Gasteiger partial charge in [-0.3, -0.25) is 14.5 Å². The van der Waals surface area contributed by atoms with E-state index in [1.807, 2.05) is 80.6 Å². The highest BCUT2D eigenvalue weighted by atomic mass is 32.2. The molecule has 162 valence electrons. The summed E-state index contributed by atoms with van der Waals surface area (Å²) in [5.41, 5.74) is 5.68. The predicted octanol–water partition coefficient (Wildman–Crippen LogP) is 4.79. The van der Waals surface area contributed by atoms with Gasteiger partial charge in [0, 0.05) is 11.3 Å². The number of methoxy groups -OCH3 is 1. The molecule has 6 heteroatoms. The van der Waals surface area contributed by atoms with E-state index >= 15 is 0 Å². The van der Waals surface area contributed by atoms with Gasteiger partial charge >= 0.3 is 0 Å². The number of para-hydroxylation sites is 1. The Labute approximate surface area is 192 Å². The lowest BCUT2D eigenvalue weighted by Crippen LogP contribution is -2.49. The molecule has 0 bridgehead atoms. The van der Waals surface area contributed by atoms with E-state index < -0.39 is 4.87 Å². The van der Waals surface area contributed by atoms with E-state index in [1.54, 1.807) is 16.9 Å². The van der Waals surface area contributed by atoms with Gasteiger partial charge in [-0.15, -0.1) is 11.8 Å². The Morgan fingerprint density at radius 2 is 1.78 bits per heavy atom. The molecule has 0 unspecified atom stereocenters. The molecule has 2 aliphatic rings. The first-order valence-corrected chi connectivity index (χ1v) is 11.5. The van der Waals surface area contributed by atoms with Gasteiger partial charge in [-0.05, 0) is 60.9 Å². The average molecular weight is 445 g/mol. The van der Waals surface area contributed by atoms with Crippen LogP contribution in [0.2, 0.25) is 0 Å². The number of thioether (sulfide) groups is 1. The molecule has 1 atom stereocenters. The number of carbonyl (C=O) groups excluding carboxylic acids is 2. The van der Waals surface area contributed by atoms with Gasteiger partial charge in [0.2, 0.25) is 10.8 Å². The Morgan fingerprint density at radius 1 is 0.969 bits per heavy atom. The highest BCUT2D eigenvalue weighted by molar-refractivity contribution is 8.02. The topological polar surface area (TPSA) is 49.9 Å². The number of benzene rings is 3. The van der Waals surface area contributed by atoms with Gasteiger partial charge in [0.25, 0.3) is 5.91 Å². The minimum Gasteiger partial charge on any atom is -0.497 e. The van der Waals surface area contributed by atoms with Crippen LogP contribution in [-0.2, 0) is 21.0 Å². The second-order valence-corrected chi connectivity index (χ2v) is 9.36. The van der Waals surface area contributed by atoms with E-state index in [0.717, 1.165) is 39.4 Å². The SMILES string of the molecule is COc1cccc(CN2C(=O)[C@@]3(SCC(=O)N3c3ccc(C)c(C)c3)c3ccccc32)c1. The van der Waals surface area contributed by atoms with E-state index in [-0.39, 0.29) is 17.6 Å². The summed E-state index contributed by atoms with van der Waals surface area (Å²) in [6.45, 7) is 4.48. The lowest BCUT2D eigenvalue weighted by atomic mass is 10.0. The van der Waals surface area contributed by atoms with Crippen LogP contribution in [0, 0.1) is 13.8 Å². The maximum Gasteiger partial charge on any atom is 0.269 e. The van der Waals surface area contributed by atoms with Crippen molar-refractivity contribution in [2.24, 2.45) is 0 Å². The Morgan fingerprint density at radius 3 is 2.56 bits per heavy atom. The number of ether oxygens (including phenoxy) is 1. The fraction of sp³-hybridized carbons (Fsp3) is 0.231. The number of nitrogens with zero attached hydrogens (tertiary/aromatic N) is 2. The van der Waals surface area contributed by atoms with Crippen LogP contribution in [0.25, 0.3) is 0 Å². The molecule has 0 N–H and O–H groups in total. The van der Waals surface area contributed by atoms with Crippen LogP contribution in [0.3, 0.4) is 0 Å². The van der Waals surface area contributed by atoms with Crippen LogP contribution in [-0.4, -0.2) is 24.7 Å². The van der Waals surface area contributed by atoms with Gasteiger partial charge in [0.1, 0.15) is 5.75 Å². The van der Waals surface area contributed by atoms with E-state index in [2.05, 4.69) is 0 Å². The molecule has 1 fully saturated rings. The molecule has 3 aromatic rings. The van der Waals surface area contributed by atoms with Crippen LogP contribution in [0.5, 0.6) is 5.75 Å². The molecule has 32 heavy (non-hydrogen) atoms. The second kappa shape index (κ2) is 7.71. The van der Waals surface area contributed by atoms with Crippen molar-refractivity contribution in [1.29, 1.82) is 0 Å². The molecule has 1 spiro atoms. The van der Waals surface area contributed by atoms with Crippen LogP contribution in [0.15, 0.2) is 66.7 Å². The zero-order valence-electron chi connectivity index (χ0n) is 18.3. The maximum atomic E-state index is 14.1. The van der Waals surface area contributed by atoms with Crippen molar-refractivity contribution in [2.75, 3.05) is 22.7 Å². The Hall–Kier alpha value is -3.25. The third kappa shape index (κ3) is 3.01. The Balaban J connectivity index is 1.63.